The van der Waals surface area contributed by atoms with Crippen LogP contribution in [0, 0.1) is 5.82 Å². The fraction of sp³-hybridized carbons (Fsp3) is 0.625. The Hall–Kier alpha value is -1.49. The first-order valence-corrected chi connectivity index (χ1v) is 7.80. The van der Waals surface area contributed by atoms with Crippen molar-refractivity contribution in [3.05, 3.63) is 17.9 Å². The van der Waals surface area contributed by atoms with E-state index in [2.05, 4.69) is 24.1 Å². The zero-order valence-electron chi connectivity index (χ0n) is 13.4. The number of hydrogen-bond acceptors (Lipinski definition) is 4. The topological polar surface area (TPSA) is 50.5 Å². The van der Waals surface area contributed by atoms with E-state index in [1.54, 1.807) is 6.07 Å². The second kappa shape index (κ2) is 9.45. The van der Waals surface area contributed by atoms with Crippen LogP contribution in [0.1, 0.15) is 33.6 Å². The molecule has 0 spiro atoms. The van der Waals surface area contributed by atoms with Crippen molar-refractivity contribution in [2.24, 2.45) is 0 Å². The summed E-state index contributed by atoms with van der Waals surface area (Å²) in [4.78, 5) is 2.36. The van der Waals surface area contributed by atoms with Gasteiger partial charge < -0.3 is 20.7 Å². The van der Waals surface area contributed by atoms with Crippen molar-refractivity contribution in [3.8, 4) is 5.75 Å². The fourth-order valence-corrected chi connectivity index (χ4v) is 2.14. The minimum Gasteiger partial charge on any atom is -0.490 e. The Labute approximate surface area is 127 Å². The summed E-state index contributed by atoms with van der Waals surface area (Å²) in [7, 11) is 0. The monoisotopic (exact) mass is 297 g/mol. The molecule has 0 amide bonds. The first kappa shape index (κ1) is 17.6. The summed E-state index contributed by atoms with van der Waals surface area (Å²) < 4.78 is 19.1. The van der Waals surface area contributed by atoms with Crippen molar-refractivity contribution < 1.29 is 9.13 Å². The number of benzene rings is 1. The van der Waals surface area contributed by atoms with Crippen LogP contribution in [0.3, 0.4) is 0 Å². The molecule has 4 nitrogen and oxygen atoms in total. The smallest absolute Gasteiger partial charge is 0.167 e. The molecule has 120 valence electrons. The van der Waals surface area contributed by atoms with E-state index in [4.69, 9.17) is 10.5 Å². The summed E-state index contributed by atoms with van der Waals surface area (Å²) in [5.74, 6) is -0.151. The molecule has 21 heavy (non-hydrogen) atoms. The van der Waals surface area contributed by atoms with Gasteiger partial charge in [0.25, 0.3) is 0 Å². The van der Waals surface area contributed by atoms with E-state index in [1.165, 1.54) is 6.07 Å². The molecule has 0 saturated carbocycles. The summed E-state index contributed by atoms with van der Waals surface area (Å²) in [5.41, 5.74) is 7.00. The third-order valence-electron chi connectivity index (χ3n) is 3.30. The number of rotatable bonds is 10. The Morgan fingerprint density at radius 2 is 1.95 bits per heavy atom. The first-order valence-electron chi connectivity index (χ1n) is 7.80. The van der Waals surface area contributed by atoms with Crippen molar-refractivity contribution in [2.45, 2.75) is 33.6 Å². The van der Waals surface area contributed by atoms with Gasteiger partial charge in [-0.25, -0.2) is 4.39 Å². The van der Waals surface area contributed by atoms with Gasteiger partial charge in [-0.15, -0.1) is 0 Å². The molecule has 0 aromatic heterocycles. The number of nitrogens with two attached hydrogens (primary N) is 1. The van der Waals surface area contributed by atoms with E-state index in [1.807, 2.05) is 6.92 Å². The highest BCUT2D eigenvalue weighted by Gasteiger charge is 2.09. The maximum atomic E-state index is 13.7. The van der Waals surface area contributed by atoms with Crippen molar-refractivity contribution in [1.82, 2.24) is 4.90 Å². The van der Waals surface area contributed by atoms with Crippen LogP contribution in [0.5, 0.6) is 5.75 Å². The average molecular weight is 297 g/mol. The van der Waals surface area contributed by atoms with Crippen molar-refractivity contribution in [2.75, 3.05) is 43.8 Å². The highest BCUT2D eigenvalue weighted by molar-refractivity contribution is 5.68. The largest absolute Gasteiger partial charge is 0.490 e. The highest BCUT2D eigenvalue weighted by atomic mass is 19.1. The molecule has 5 heteroatoms. The second-order valence-corrected chi connectivity index (χ2v) is 5.08. The van der Waals surface area contributed by atoms with Crippen LogP contribution < -0.4 is 15.8 Å². The van der Waals surface area contributed by atoms with Gasteiger partial charge in [-0.05, 0) is 25.9 Å². The molecule has 0 aliphatic carbocycles. The molecular formula is C16H28FN3O. The molecule has 0 fully saturated rings. The highest BCUT2D eigenvalue weighted by Crippen LogP contribution is 2.28. The maximum Gasteiger partial charge on any atom is 0.167 e. The number of halogens is 1. The Morgan fingerprint density at radius 3 is 2.57 bits per heavy atom. The third-order valence-corrected chi connectivity index (χ3v) is 3.30. The van der Waals surface area contributed by atoms with Crippen LogP contribution in [-0.4, -0.2) is 37.7 Å². The molecule has 3 N–H and O–H groups in total. The number of nitrogens with one attached hydrogen (secondary N) is 1. The zero-order chi connectivity index (χ0) is 15.7. The molecule has 1 rings (SSSR count). The van der Waals surface area contributed by atoms with E-state index in [0.29, 0.717) is 12.3 Å². The minimum atomic E-state index is -0.410. The maximum absolute atomic E-state index is 13.7. The van der Waals surface area contributed by atoms with Crippen LogP contribution in [0.15, 0.2) is 12.1 Å². The zero-order valence-corrected chi connectivity index (χ0v) is 13.4. The molecule has 0 radical (unpaired) electrons. The van der Waals surface area contributed by atoms with E-state index >= 15 is 0 Å². The van der Waals surface area contributed by atoms with Crippen molar-refractivity contribution in [1.29, 1.82) is 0 Å². The number of nitrogens with zero attached hydrogens (tertiary/aromatic N) is 1. The van der Waals surface area contributed by atoms with Gasteiger partial charge in [0.1, 0.15) is 0 Å². The molecule has 0 bridgehead atoms. The molecule has 1 aromatic rings. The normalized spacial score (nSPS) is 10.9. The lowest BCUT2D eigenvalue weighted by atomic mass is 10.2. The molecule has 0 atom stereocenters. The van der Waals surface area contributed by atoms with Crippen LogP contribution in [0.4, 0.5) is 15.8 Å². The number of likely N-dealkylation sites (N-methyl/N-ethyl adjacent to an activating group) is 1. The van der Waals surface area contributed by atoms with E-state index in [-0.39, 0.29) is 5.75 Å². The average Bonchev–Trinajstić information content (AvgIpc) is 2.47. The molecule has 0 aliphatic heterocycles. The first-order chi connectivity index (χ1) is 10.1. The van der Waals surface area contributed by atoms with Gasteiger partial charge >= 0.3 is 0 Å². The van der Waals surface area contributed by atoms with E-state index in [9.17, 15) is 4.39 Å². The fourth-order valence-electron chi connectivity index (χ4n) is 2.14. The van der Waals surface area contributed by atoms with Crippen molar-refractivity contribution in [3.63, 3.8) is 0 Å². The van der Waals surface area contributed by atoms with Gasteiger partial charge in [-0.1, -0.05) is 20.8 Å². The van der Waals surface area contributed by atoms with Crippen LogP contribution in [0.2, 0.25) is 0 Å². The lowest BCUT2D eigenvalue weighted by molar-refractivity contribution is 0.299. The Kier molecular flexibility index (Phi) is 7.90. The summed E-state index contributed by atoms with van der Waals surface area (Å²) in [5, 5.41) is 3.27. The van der Waals surface area contributed by atoms with Crippen LogP contribution >= 0.6 is 0 Å². The van der Waals surface area contributed by atoms with Gasteiger partial charge in [0, 0.05) is 25.2 Å². The number of ether oxygens (including phenoxy) is 1. The second-order valence-electron chi connectivity index (χ2n) is 5.08. The summed E-state index contributed by atoms with van der Waals surface area (Å²) >= 11 is 0. The molecule has 0 unspecified atom stereocenters. The molecule has 0 heterocycles. The predicted octanol–water partition coefficient (Wildman–Crippen LogP) is 3.34. The SMILES string of the molecule is CCCOc1cc(NCCN(CC)CCC)c(N)cc1F. The van der Waals surface area contributed by atoms with Gasteiger partial charge in [0.05, 0.1) is 18.0 Å². The van der Waals surface area contributed by atoms with E-state index in [0.717, 1.165) is 44.7 Å². The van der Waals surface area contributed by atoms with Gasteiger partial charge in [-0.2, -0.15) is 0 Å². The Balaban J connectivity index is 2.61. The van der Waals surface area contributed by atoms with Crippen LogP contribution in [0.25, 0.3) is 0 Å². The van der Waals surface area contributed by atoms with E-state index < -0.39 is 5.82 Å². The number of anilines is 2. The minimum absolute atomic E-state index is 0.259. The third kappa shape index (κ3) is 5.79. The lowest BCUT2D eigenvalue weighted by Crippen LogP contribution is -2.29. The quantitative estimate of drug-likeness (QED) is 0.650. The standard InChI is InChI=1S/C16H28FN3O/c1-4-8-20(6-3)9-7-19-15-12-16(21-10-5-2)13(17)11-14(15)18/h11-12,19H,4-10,18H2,1-3H3. The molecule has 1 aromatic carbocycles. The lowest BCUT2D eigenvalue weighted by Gasteiger charge is -2.20. The summed E-state index contributed by atoms with van der Waals surface area (Å²) in [6.07, 6.45) is 1.98. The van der Waals surface area contributed by atoms with Crippen LogP contribution in [-0.2, 0) is 0 Å². The van der Waals surface area contributed by atoms with Crippen molar-refractivity contribution >= 4 is 11.4 Å². The van der Waals surface area contributed by atoms with Gasteiger partial charge in [-0.3, -0.25) is 0 Å². The predicted molar refractivity (Wildman–Crippen MR) is 87.5 cm³/mol. The Bertz CT molecular complexity index is 426. The molecule has 0 aliphatic rings. The molecule has 0 saturated heterocycles. The summed E-state index contributed by atoms with van der Waals surface area (Å²) in [6.45, 7) is 10.6. The number of hydrogen-bond donors (Lipinski definition) is 2. The van der Waals surface area contributed by atoms with Gasteiger partial charge in [0.2, 0.25) is 0 Å². The molecular weight excluding hydrogens is 269 g/mol. The number of nitrogen functional groups attached to an aromatic ring is 1. The summed E-state index contributed by atoms with van der Waals surface area (Å²) in [6, 6.07) is 2.97. The Morgan fingerprint density at radius 1 is 1.19 bits per heavy atom. The van der Waals surface area contributed by atoms with Gasteiger partial charge in [0.15, 0.2) is 11.6 Å².